The van der Waals surface area contributed by atoms with Crippen molar-refractivity contribution in [3.05, 3.63) is 223 Å². The number of para-hydroxylation sites is 3. The monoisotopic (exact) mass is 1180 g/mol. The van der Waals surface area contributed by atoms with Crippen LogP contribution in [-0.4, -0.2) is 9.55 Å². The van der Waals surface area contributed by atoms with Crippen LogP contribution in [0.4, 0.5) is 40.3 Å². The Balaban J connectivity index is 0.00000641. The van der Waals surface area contributed by atoms with Crippen LogP contribution in [0, 0.1) is 42.1 Å². The van der Waals surface area contributed by atoms with Gasteiger partial charge in [0.05, 0.1) is 0 Å². The molecular formula is C65H53F4N4OPt-3. The first-order valence-electron chi connectivity index (χ1n) is 24.8. The molecule has 0 amide bonds. The Bertz CT molecular complexity index is 3720. The van der Waals surface area contributed by atoms with Crippen LogP contribution in [-0.2, 0) is 31.9 Å². The van der Waals surface area contributed by atoms with Crippen molar-refractivity contribution in [2.45, 2.75) is 72.1 Å². The average molecular weight is 1180 g/mol. The van der Waals surface area contributed by atoms with Gasteiger partial charge in [0.25, 0.3) is 0 Å². The van der Waals surface area contributed by atoms with E-state index >= 15 is 17.6 Å². The fraction of sp³-hybridized carbons (Fsp3) is 0.169. The van der Waals surface area contributed by atoms with Crippen molar-refractivity contribution < 1.29 is 43.4 Å². The van der Waals surface area contributed by atoms with E-state index in [1.54, 1.807) is 0 Å². The van der Waals surface area contributed by atoms with E-state index in [2.05, 4.69) is 99.8 Å². The van der Waals surface area contributed by atoms with E-state index in [9.17, 15) is 0 Å². The number of pyridine rings is 1. The Hall–Kier alpha value is -7.48. The van der Waals surface area contributed by atoms with Crippen molar-refractivity contribution >= 4 is 44.6 Å². The third-order valence-corrected chi connectivity index (χ3v) is 13.8. The van der Waals surface area contributed by atoms with Crippen molar-refractivity contribution in [2.75, 3.05) is 9.80 Å². The summed E-state index contributed by atoms with van der Waals surface area (Å²) >= 11 is 0. The van der Waals surface area contributed by atoms with Gasteiger partial charge in [-0.25, -0.2) is 22.5 Å². The molecule has 0 saturated heterocycles. The number of fused-ring (bicyclic) bond motifs is 4. The average Bonchev–Trinajstić information content (AvgIpc) is 3.92. The van der Waals surface area contributed by atoms with E-state index in [-0.39, 0.29) is 43.5 Å². The molecule has 0 N–H and O–H groups in total. The van der Waals surface area contributed by atoms with Crippen molar-refractivity contribution in [1.29, 1.82) is 0 Å². The van der Waals surface area contributed by atoms with Crippen LogP contribution in [0.15, 0.2) is 164 Å². The van der Waals surface area contributed by atoms with E-state index in [1.165, 1.54) is 24.3 Å². The zero-order chi connectivity index (χ0) is 51.8. The van der Waals surface area contributed by atoms with Gasteiger partial charge in [-0.15, -0.1) is 53.6 Å². The second-order valence-electron chi connectivity index (χ2n) is 21.4. The molecule has 0 saturated carbocycles. The molecule has 75 heavy (non-hydrogen) atoms. The predicted molar refractivity (Wildman–Crippen MR) is 292 cm³/mol. The molecule has 5 nitrogen and oxygen atoms in total. The fourth-order valence-corrected chi connectivity index (χ4v) is 10.1. The number of nitrogens with zero attached hydrogens (tertiary/aromatic N) is 4. The molecule has 0 unspecified atom stereocenters. The van der Waals surface area contributed by atoms with E-state index in [0.29, 0.717) is 39.7 Å². The number of ether oxygens (including phenoxy) is 1. The van der Waals surface area contributed by atoms with Crippen LogP contribution in [0.1, 0.15) is 78.0 Å². The minimum absolute atomic E-state index is 0. The molecule has 0 radical (unpaired) electrons. The number of rotatable bonds is 9. The summed E-state index contributed by atoms with van der Waals surface area (Å²) in [6.45, 7) is 18.8. The number of aromatic nitrogens is 2. The first kappa shape index (κ1) is 51.0. The Morgan fingerprint density at radius 3 is 1.73 bits per heavy atom. The fourth-order valence-electron chi connectivity index (χ4n) is 10.1. The van der Waals surface area contributed by atoms with Gasteiger partial charge in [0.1, 0.15) is 29.1 Å². The maximum Gasteiger partial charge on any atom is 0.135 e. The second kappa shape index (κ2) is 19.7. The minimum Gasteiger partial charge on any atom is -0.509 e. The first-order valence-corrected chi connectivity index (χ1v) is 24.8. The predicted octanol–water partition coefficient (Wildman–Crippen LogP) is 18.3. The van der Waals surface area contributed by atoms with Crippen LogP contribution in [0.25, 0.3) is 61.0 Å². The van der Waals surface area contributed by atoms with Gasteiger partial charge >= 0.3 is 0 Å². The molecule has 380 valence electrons. The summed E-state index contributed by atoms with van der Waals surface area (Å²) in [5.74, 6) is -1.19. The molecule has 8 aromatic carbocycles. The number of hydrogen-bond donors (Lipinski definition) is 0. The van der Waals surface area contributed by atoms with Crippen LogP contribution in [0.3, 0.4) is 0 Å². The van der Waals surface area contributed by atoms with E-state index in [4.69, 9.17) is 9.72 Å². The van der Waals surface area contributed by atoms with Crippen LogP contribution in [0.5, 0.6) is 11.5 Å². The summed E-state index contributed by atoms with van der Waals surface area (Å²) in [5, 5.41) is 2.06. The second-order valence-corrected chi connectivity index (χ2v) is 21.4. The summed E-state index contributed by atoms with van der Waals surface area (Å²) in [7, 11) is 0. The largest absolute Gasteiger partial charge is 0.509 e. The molecule has 10 aromatic rings. The number of halogens is 4. The molecule has 0 spiro atoms. The van der Waals surface area contributed by atoms with Gasteiger partial charge in [0.2, 0.25) is 0 Å². The standard InChI is InChI=1S/C65H53F4N4O.Pt/c1-39(2)52-15-9-10-16-53(52)42-29-49(36-51(30-42)74-50-21-22-55-54-17-11-12-18-58(54)73(61(55)37-50)62-33-43(23-24-70-62)64(3,4)5)71-38-72(60-20-14-13-19-59(60)71)63-56(40-25-45(66)34-46(67)26-40)31-44(65(6,7)8)32-57(63)41-27-47(68)35-48(69)28-41;/h9-35,38-39H,1-8H3;/q-3;. The van der Waals surface area contributed by atoms with Gasteiger partial charge < -0.3 is 19.1 Å². The van der Waals surface area contributed by atoms with Crippen molar-refractivity contribution in [2.24, 2.45) is 0 Å². The Kier molecular flexibility index (Phi) is 13.4. The summed E-state index contributed by atoms with van der Waals surface area (Å²) in [6.07, 6.45) is 1.85. The molecule has 10 heteroatoms. The summed E-state index contributed by atoms with van der Waals surface area (Å²) in [6, 6.07) is 54.4. The molecule has 0 aliphatic carbocycles. The van der Waals surface area contributed by atoms with Crippen LogP contribution < -0.4 is 14.5 Å². The topological polar surface area (TPSA) is 33.5 Å². The SMILES string of the molecule is CC(C)c1ccccc1-c1cc(Oc2[c-]c3c(cc2)c2ccccc2n3-c2cc(C(C)(C)C)ccn2)[c-]c(N2[CH-]N(c3c(-c4cc(F)cc(F)c4)cc(C(C)(C)C)cc3-c3cc(F)cc(F)c3)c3ccccc32)c1.[Pt]. The first-order chi connectivity index (χ1) is 35.4. The Morgan fingerprint density at radius 2 is 1.11 bits per heavy atom. The number of anilines is 4. The zero-order valence-corrected chi connectivity index (χ0v) is 45.0. The molecule has 0 bridgehead atoms. The van der Waals surface area contributed by atoms with E-state index < -0.39 is 28.7 Å². The molecule has 2 aromatic heterocycles. The molecule has 0 atom stereocenters. The van der Waals surface area contributed by atoms with Gasteiger partial charge in [-0.2, -0.15) is 6.07 Å². The van der Waals surface area contributed by atoms with Crippen LogP contribution >= 0.6 is 0 Å². The third-order valence-electron chi connectivity index (χ3n) is 13.8. The summed E-state index contributed by atoms with van der Waals surface area (Å²) in [4.78, 5) is 8.78. The zero-order valence-electron chi connectivity index (χ0n) is 42.8. The smallest absolute Gasteiger partial charge is 0.135 e. The number of benzene rings is 8. The van der Waals surface area contributed by atoms with Gasteiger partial charge in [0.15, 0.2) is 0 Å². The van der Waals surface area contributed by atoms with Crippen molar-refractivity contribution in [3.8, 4) is 50.7 Å². The number of hydrogen-bond acceptors (Lipinski definition) is 4. The Labute approximate surface area is 450 Å². The maximum absolute atomic E-state index is 15.3. The normalized spacial score (nSPS) is 12.7. The van der Waals surface area contributed by atoms with Crippen LogP contribution in [0.2, 0.25) is 0 Å². The third kappa shape index (κ3) is 9.75. The minimum atomic E-state index is -0.761. The van der Waals surface area contributed by atoms with Gasteiger partial charge in [-0.3, -0.25) is 0 Å². The van der Waals surface area contributed by atoms with Crippen molar-refractivity contribution in [1.82, 2.24) is 9.55 Å². The molecule has 0 fully saturated rings. The molecule has 3 heterocycles. The van der Waals surface area contributed by atoms with Crippen molar-refractivity contribution in [3.63, 3.8) is 0 Å². The molecular weight excluding hydrogens is 1120 g/mol. The van der Waals surface area contributed by atoms with E-state index in [0.717, 1.165) is 73.3 Å². The Morgan fingerprint density at radius 1 is 0.533 bits per heavy atom. The van der Waals surface area contributed by atoms with E-state index in [1.807, 2.05) is 116 Å². The van der Waals surface area contributed by atoms with Gasteiger partial charge in [-0.05, 0) is 122 Å². The molecule has 1 aliphatic heterocycles. The summed E-state index contributed by atoms with van der Waals surface area (Å²) in [5.41, 5.74) is 10.1. The summed E-state index contributed by atoms with van der Waals surface area (Å²) < 4.78 is 70.4. The molecule has 1 aliphatic rings. The van der Waals surface area contributed by atoms with Gasteiger partial charge in [0, 0.05) is 84.6 Å². The molecule has 11 rings (SSSR count). The van der Waals surface area contributed by atoms with Gasteiger partial charge in [-0.1, -0.05) is 116 Å². The quantitative estimate of drug-likeness (QED) is 0.107. The maximum atomic E-state index is 15.3.